The third kappa shape index (κ3) is 3.64. The first-order valence-corrected chi connectivity index (χ1v) is 9.17. The SMILES string of the molecule is C[C@@H](NC(=O)[C@H]1[C@@H](C)c2nc3ccccc3n21)c1ccc(OCC(F)(F)F)cn1. The number of carbonyl (C=O) groups excluding carboxylic acids is 1. The van der Waals surface area contributed by atoms with Crippen molar-refractivity contribution in [3.8, 4) is 5.75 Å². The van der Waals surface area contributed by atoms with Gasteiger partial charge in [-0.25, -0.2) is 4.98 Å². The van der Waals surface area contributed by atoms with Gasteiger partial charge < -0.3 is 14.6 Å². The van der Waals surface area contributed by atoms with Crippen molar-refractivity contribution in [3.05, 3.63) is 54.1 Å². The van der Waals surface area contributed by atoms with Crippen LogP contribution in [0.4, 0.5) is 13.2 Å². The molecule has 1 amide bonds. The molecule has 152 valence electrons. The highest BCUT2D eigenvalue weighted by Crippen LogP contribution is 2.42. The molecular formula is C20H19F3N4O2. The molecule has 1 aromatic carbocycles. The molecular weight excluding hydrogens is 385 g/mol. The summed E-state index contributed by atoms with van der Waals surface area (Å²) in [6, 6.07) is 9.83. The molecule has 3 heterocycles. The first kappa shape index (κ1) is 19.2. The number of halogens is 3. The number of amides is 1. The summed E-state index contributed by atoms with van der Waals surface area (Å²) in [5.74, 6) is 0.732. The summed E-state index contributed by atoms with van der Waals surface area (Å²) in [5.41, 5.74) is 2.30. The summed E-state index contributed by atoms with van der Waals surface area (Å²) in [4.78, 5) is 21.6. The number of ether oxygens (including phenoxy) is 1. The second kappa shape index (κ2) is 7.06. The maximum absolute atomic E-state index is 12.9. The highest BCUT2D eigenvalue weighted by molar-refractivity contribution is 5.87. The number of fused-ring (bicyclic) bond motifs is 3. The standard InChI is InChI=1S/C20H19F3N4O2/c1-11-17(27-16-6-4-3-5-15(16)26-18(11)27)19(28)25-12(2)14-8-7-13(9-24-14)29-10-20(21,22)23/h3-9,11-12,17H,10H2,1-2H3,(H,25,28)/t11-,12-,17-/m1/s1. The molecule has 1 aliphatic heterocycles. The van der Waals surface area contributed by atoms with Gasteiger partial charge in [0.2, 0.25) is 5.91 Å². The molecule has 0 bridgehead atoms. The summed E-state index contributed by atoms with van der Waals surface area (Å²) >= 11 is 0. The Bertz CT molecular complexity index is 1050. The van der Waals surface area contributed by atoms with Crippen LogP contribution in [0.5, 0.6) is 5.75 Å². The molecule has 3 atom stereocenters. The lowest BCUT2D eigenvalue weighted by Crippen LogP contribution is -2.43. The maximum atomic E-state index is 12.9. The van der Waals surface area contributed by atoms with E-state index in [-0.39, 0.29) is 23.6 Å². The lowest BCUT2D eigenvalue weighted by Gasteiger charge is -2.36. The van der Waals surface area contributed by atoms with Gasteiger partial charge in [-0.1, -0.05) is 19.1 Å². The van der Waals surface area contributed by atoms with Crippen molar-refractivity contribution in [2.75, 3.05) is 6.61 Å². The largest absolute Gasteiger partial charge is 0.483 e. The molecule has 0 unspecified atom stereocenters. The molecule has 0 aliphatic carbocycles. The molecule has 29 heavy (non-hydrogen) atoms. The number of alkyl halides is 3. The molecule has 2 aromatic heterocycles. The average Bonchev–Trinajstić information content (AvgIpc) is 3.01. The molecule has 3 aromatic rings. The first-order chi connectivity index (χ1) is 13.7. The van der Waals surface area contributed by atoms with Crippen molar-refractivity contribution in [2.45, 2.75) is 38.0 Å². The van der Waals surface area contributed by atoms with Gasteiger partial charge in [0, 0.05) is 5.92 Å². The molecule has 6 nitrogen and oxygen atoms in total. The third-order valence-corrected chi connectivity index (χ3v) is 5.01. The van der Waals surface area contributed by atoms with E-state index in [0.717, 1.165) is 16.9 Å². The normalized spacial score (nSPS) is 19.3. The van der Waals surface area contributed by atoms with Crippen molar-refractivity contribution in [1.29, 1.82) is 0 Å². The Balaban J connectivity index is 1.43. The summed E-state index contributed by atoms with van der Waals surface area (Å²) in [6.45, 7) is 2.36. The molecule has 1 N–H and O–H groups in total. The van der Waals surface area contributed by atoms with Crippen molar-refractivity contribution < 1.29 is 22.7 Å². The predicted molar refractivity (Wildman–Crippen MR) is 99.5 cm³/mol. The van der Waals surface area contributed by atoms with Crippen LogP contribution in [0.25, 0.3) is 11.0 Å². The van der Waals surface area contributed by atoms with Crippen LogP contribution in [0, 0.1) is 0 Å². The first-order valence-electron chi connectivity index (χ1n) is 9.17. The van der Waals surface area contributed by atoms with Crippen LogP contribution >= 0.6 is 0 Å². The van der Waals surface area contributed by atoms with Gasteiger partial charge in [-0.05, 0) is 31.2 Å². The van der Waals surface area contributed by atoms with Crippen molar-refractivity contribution in [1.82, 2.24) is 19.9 Å². The number of imidazole rings is 1. The van der Waals surface area contributed by atoms with Gasteiger partial charge in [0.25, 0.3) is 0 Å². The van der Waals surface area contributed by atoms with E-state index >= 15 is 0 Å². The van der Waals surface area contributed by atoms with Crippen molar-refractivity contribution >= 4 is 16.9 Å². The molecule has 9 heteroatoms. The van der Waals surface area contributed by atoms with E-state index in [2.05, 4.69) is 20.0 Å². The van der Waals surface area contributed by atoms with Gasteiger partial charge in [0.05, 0.1) is 29.0 Å². The minimum Gasteiger partial charge on any atom is -0.483 e. The lowest BCUT2D eigenvalue weighted by molar-refractivity contribution is -0.153. The Kier molecular flexibility index (Phi) is 4.68. The van der Waals surface area contributed by atoms with E-state index < -0.39 is 18.8 Å². The Hall–Kier alpha value is -3.10. The number of hydrogen-bond donors (Lipinski definition) is 1. The fourth-order valence-electron chi connectivity index (χ4n) is 3.57. The summed E-state index contributed by atoms with van der Waals surface area (Å²) < 4.78 is 43.2. The molecule has 0 spiro atoms. The smallest absolute Gasteiger partial charge is 0.422 e. The Morgan fingerprint density at radius 1 is 1.28 bits per heavy atom. The van der Waals surface area contributed by atoms with Crippen molar-refractivity contribution in [3.63, 3.8) is 0 Å². The number of benzene rings is 1. The fourth-order valence-corrected chi connectivity index (χ4v) is 3.57. The van der Waals surface area contributed by atoms with Crippen molar-refractivity contribution in [2.24, 2.45) is 0 Å². The van der Waals surface area contributed by atoms with Crippen LogP contribution in [0.1, 0.15) is 43.4 Å². The Morgan fingerprint density at radius 3 is 2.72 bits per heavy atom. The topological polar surface area (TPSA) is 69.0 Å². The number of aromatic nitrogens is 3. The van der Waals surface area contributed by atoms with Crippen LogP contribution in [0.2, 0.25) is 0 Å². The zero-order valence-corrected chi connectivity index (χ0v) is 15.8. The van der Waals surface area contributed by atoms with Gasteiger partial charge in [-0.3, -0.25) is 9.78 Å². The van der Waals surface area contributed by atoms with E-state index in [4.69, 9.17) is 0 Å². The number of hydrogen-bond acceptors (Lipinski definition) is 4. The number of nitrogens with one attached hydrogen (secondary N) is 1. The van der Waals surface area contributed by atoms with Crippen LogP contribution in [-0.2, 0) is 4.79 Å². The number of nitrogens with zero attached hydrogens (tertiary/aromatic N) is 3. The van der Waals surface area contributed by atoms with Gasteiger partial charge >= 0.3 is 6.18 Å². The van der Waals surface area contributed by atoms with Crippen LogP contribution in [0.3, 0.4) is 0 Å². The Labute approximate surface area is 164 Å². The van der Waals surface area contributed by atoms with Crippen LogP contribution in [0.15, 0.2) is 42.6 Å². The quantitative estimate of drug-likeness (QED) is 0.700. The average molecular weight is 404 g/mol. The van der Waals surface area contributed by atoms with E-state index in [1.807, 2.05) is 35.8 Å². The fraction of sp³-hybridized carbons (Fsp3) is 0.350. The number of rotatable bonds is 5. The molecule has 4 rings (SSSR count). The van der Waals surface area contributed by atoms with E-state index in [1.54, 1.807) is 13.0 Å². The Morgan fingerprint density at radius 2 is 2.03 bits per heavy atom. The second-order valence-corrected chi connectivity index (χ2v) is 7.12. The third-order valence-electron chi connectivity index (χ3n) is 5.01. The molecule has 0 fully saturated rings. The maximum Gasteiger partial charge on any atom is 0.422 e. The molecule has 1 aliphatic rings. The zero-order valence-electron chi connectivity index (χ0n) is 15.8. The van der Waals surface area contributed by atoms with Gasteiger partial charge in [0.15, 0.2) is 6.61 Å². The van der Waals surface area contributed by atoms with E-state index in [1.165, 1.54) is 12.3 Å². The minimum atomic E-state index is -4.41. The number of carbonyl (C=O) groups is 1. The molecule has 0 saturated heterocycles. The molecule has 0 saturated carbocycles. The summed E-state index contributed by atoms with van der Waals surface area (Å²) in [6.07, 6.45) is -3.19. The van der Waals surface area contributed by atoms with Gasteiger partial charge in [-0.2, -0.15) is 13.2 Å². The van der Waals surface area contributed by atoms with Gasteiger partial charge in [0.1, 0.15) is 17.6 Å². The minimum absolute atomic E-state index is 0.0132. The van der Waals surface area contributed by atoms with Crippen LogP contribution < -0.4 is 10.1 Å². The number of pyridine rings is 1. The lowest BCUT2D eigenvalue weighted by atomic mass is 9.91. The van der Waals surface area contributed by atoms with E-state index in [0.29, 0.717) is 5.69 Å². The monoisotopic (exact) mass is 404 g/mol. The summed E-state index contributed by atoms with van der Waals surface area (Å²) in [7, 11) is 0. The second-order valence-electron chi connectivity index (χ2n) is 7.12. The summed E-state index contributed by atoms with van der Waals surface area (Å²) in [5, 5.41) is 2.93. The highest BCUT2D eigenvalue weighted by Gasteiger charge is 2.42. The van der Waals surface area contributed by atoms with Crippen LogP contribution in [-0.4, -0.2) is 33.2 Å². The highest BCUT2D eigenvalue weighted by atomic mass is 19.4. The number of para-hydroxylation sites is 2. The van der Waals surface area contributed by atoms with Gasteiger partial charge in [-0.15, -0.1) is 0 Å². The predicted octanol–water partition coefficient (Wildman–Crippen LogP) is 3.91. The van der Waals surface area contributed by atoms with E-state index in [9.17, 15) is 18.0 Å². The molecule has 0 radical (unpaired) electrons. The zero-order chi connectivity index (χ0) is 20.8.